The summed E-state index contributed by atoms with van der Waals surface area (Å²) in [6.45, 7) is 18.9. The summed E-state index contributed by atoms with van der Waals surface area (Å²) < 4.78 is 1.76. The number of imidazole rings is 1. The normalized spacial score (nSPS) is 45.1. The molecule has 5 aliphatic carbocycles. The molecule has 0 unspecified atom stereocenters. The number of aryl methyl sites for hydroxylation is 1. The summed E-state index contributed by atoms with van der Waals surface area (Å²) in [7, 11) is 1.85. The van der Waals surface area contributed by atoms with Crippen LogP contribution in [0.15, 0.2) is 23.7 Å². The molecule has 1 amide bonds. The number of allylic oxidation sites excluding steroid dienone is 2. The molecule has 1 heterocycles. The first-order valence-corrected chi connectivity index (χ1v) is 16.2. The second kappa shape index (κ2) is 8.80. The van der Waals surface area contributed by atoms with Gasteiger partial charge in [0.1, 0.15) is 11.4 Å². The first-order valence-electron chi connectivity index (χ1n) is 16.2. The molecule has 6 rings (SSSR count). The SMILES string of the molecule is CC(C)C1=C2[C@H]3CC[C@@H]4[C@@]5(C)CC[C@@](O)(NC(=O)c6cn(C)cn6)C(C)(C)[C@@H]5CC[C@@]4(C)[C@]3(C)CC[C@@]2(C)CC1=O. The number of Topliss-reactive ketones (excluding diaryl/α,β-unsaturated/α-hetero) is 1. The maximum atomic E-state index is 13.4. The van der Waals surface area contributed by atoms with E-state index in [-0.39, 0.29) is 27.6 Å². The number of hydrogen-bond acceptors (Lipinski definition) is 4. The summed E-state index contributed by atoms with van der Waals surface area (Å²) in [6.07, 6.45) is 12.3. The zero-order valence-electron chi connectivity index (χ0n) is 27.0. The number of carbonyl (C=O) groups is 2. The van der Waals surface area contributed by atoms with Gasteiger partial charge < -0.3 is 15.0 Å². The molecule has 1 aromatic rings. The summed E-state index contributed by atoms with van der Waals surface area (Å²) in [6, 6.07) is 0. The average Bonchev–Trinajstić information content (AvgIpc) is 3.42. The lowest BCUT2D eigenvalue weighted by molar-refractivity contribution is -0.256. The third-order valence-corrected chi connectivity index (χ3v) is 14.3. The second-order valence-corrected chi connectivity index (χ2v) is 16.7. The highest BCUT2D eigenvalue weighted by atomic mass is 16.3. The Hall–Kier alpha value is -1.95. The molecule has 4 fully saturated rings. The van der Waals surface area contributed by atoms with Crippen molar-refractivity contribution in [3.05, 3.63) is 29.4 Å². The molecule has 226 valence electrons. The number of nitrogens with zero attached hydrogens (tertiary/aromatic N) is 2. The van der Waals surface area contributed by atoms with Gasteiger partial charge >= 0.3 is 0 Å². The molecule has 1 aromatic heterocycles. The van der Waals surface area contributed by atoms with Gasteiger partial charge in [-0.05, 0) is 102 Å². The Kier molecular flexibility index (Phi) is 6.25. The summed E-state index contributed by atoms with van der Waals surface area (Å²) >= 11 is 0. The van der Waals surface area contributed by atoms with E-state index in [9.17, 15) is 14.7 Å². The van der Waals surface area contributed by atoms with E-state index in [2.05, 4.69) is 65.7 Å². The molecule has 0 aromatic carbocycles. The third-order valence-electron chi connectivity index (χ3n) is 14.3. The van der Waals surface area contributed by atoms with Crippen LogP contribution in [0.25, 0.3) is 0 Å². The number of carbonyl (C=O) groups excluding carboxylic acids is 2. The van der Waals surface area contributed by atoms with Crippen LogP contribution in [0, 0.1) is 50.7 Å². The van der Waals surface area contributed by atoms with Crippen LogP contribution in [-0.2, 0) is 11.8 Å². The van der Waals surface area contributed by atoms with Crippen LogP contribution in [0.4, 0.5) is 0 Å². The van der Waals surface area contributed by atoms with E-state index in [4.69, 9.17) is 0 Å². The van der Waals surface area contributed by atoms with E-state index in [0.29, 0.717) is 48.0 Å². The zero-order chi connectivity index (χ0) is 30.0. The fourth-order valence-corrected chi connectivity index (χ4v) is 11.8. The Labute approximate surface area is 247 Å². The monoisotopic (exact) mass is 563 g/mol. The molecule has 4 saturated carbocycles. The maximum absolute atomic E-state index is 13.4. The van der Waals surface area contributed by atoms with Crippen molar-refractivity contribution in [1.82, 2.24) is 14.9 Å². The minimum Gasteiger partial charge on any atom is -0.370 e. The molecule has 0 spiro atoms. The molecule has 2 N–H and O–H groups in total. The van der Waals surface area contributed by atoms with E-state index in [1.54, 1.807) is 17.1 Å². The van der Waals surface area contributed by atoms with Gasteiger partial charge in [-0.15, -0.1) is 0 Å². The molecule has 6 heteroatoms. The van der Waals surface area contributed by atoms with E-state index < -0.39 is 11.1 Å². The molecule has 0 radical (unpaired) electrons. The quantitative estimate of drug-likeness (QED) is 0.395. The number of nitrogens with one attached hydrogen (secondary N) is 1. The Morgan fingerprint density at radius 2 is 1.68 bits per heavy atom. The lowest BCUT2D eigenvalue weighted by Crippen LogP contribution is -2.71. The van der Waals surface area contributed by atoms with Gasteiger partial charge in [-0.2, -0.15) is 0 Å². The molecule has 8 atom stereocenters. The minimum absolute atomic E-state index is 0.0420. The third kappa shape index (κ3) is 3.67. The van der Waals surface area contributed by atoms with Gasteiger partial charge in [0.25, 0.3) is 5.91 Å². The van der Waals surface area contributed by atoms with Crippen LogP contribution in [-0.4, -0.2) is 32.1 Å². The summed E-state index contributed by atoms with van der Waals surface area (Å²) in [4.78, 5) is 30.8. The molecule has 0 bridgehead atoms. The molecule has 41 heavy (non-hydrogen) atoms. The molecule has 0 saturated heterocycles. The van der Waals surface area contributed by atoms with Crippen molar-refractivity contribution in [1.29, 1.82) is 0 Å². The predicted molar refractivity (Wildman–Crippen MR) is 161 cm³/mol. The average molecular weight is 564 g/mol. The van der Waals surface area contributed by atoms with Crippen LogP contribution in [0.5, 0.6) is 0 Å². The van der Waals surface area contributed by atoms with Gasteiger partial charge in [0.15, 0.2) is 5.78 Å². The Morgan fingerprint density at radius 3 is 2.32 bits per heavy atom. The predicted octanol–water partition coefficient (Wildman–Crippen LogP) is 6.84. The van der Waals surface area contributed by atoms with Crippen LogP contribution in [0.1, 0.15) is 124 Å². The zero-order valence-corrected chi connectivity index (χ0v) is 27.0. The minimum atomic E-state index is -1.28. The molecule has 5 aliphatic rings. The first kappa shape index (κ1) is 29.1. The Balaban J connectivity index is 1.34. The van der Waals surface area contributed by atoms with Crippen LogP contribution in [0.2, 0.25) is 0 Å². The number of ketones is 1. The first-order chi connectivity index (χ1) is 18.9. The highest BCUT2D eigenvalue weighted by Gasteiger charge is 2.71. The van der Waals surface area contributed by atoms with Crippen LogP contribution in [0.3, 0.4) is 0 Å². The number of amides is 1. The molecule has 6 nitrogen and oxygen atoms in total. The summed E-state index contributed by atoms with van der Waals surface area (Å²) in [5.74, 6) is 1.73. The molecular formula is C35H53N3O3. The van der Waals surface area contributed by atoms with Gasteiger partial charge in [-0.25, -0.2) is 4.98 Å². The van der Waals surface area contributed by atoms with Gasteiger partial charge in [-0.3, -0.25) is 9.59 Å². The van der Waals surface area contributed by atoms with Crippen molar-refractivity contribution < 1.29 is 14.7 Å². The van der Waals surface area contributed by atoms with Crippen molar-refractivity contribution in [2.24, 2.45) is 57.8 Å². The van der Waals surface area contributed by atoms with Gasteiger partial charge in [0.2, 0.25) is 0 Å². The number of aromatic nitrogens is 2. The van der Waals surface area contributed by atoms with E-state index in [0.717, 1.165) is 37.7 Å². The summed E-state index contributed by atoms with van der Waals surface area (Å²) in [5.41, 5.74) is 1.73. The second-order valence-electron chi connectivity index (χ2n) is 16.7. The number of aliphatic hydroxyl groups is 1. The number of rotatable bonds is 3. The molecular weight excluding hydrogens is 510 g/mol. The number of fused-ring (bicyclic) bond motifs is 7. The van der Waals surface area contributed by atoms with Crippen molar-refractivity contribution in [2.45, 2.75) is 119 Å². The largest absolute Gasteiger partial charge is 0.370 e. The van der Waals surface area contributed by atoms with E-state index >= 15 is 0 Å². The highest BCUT2D eigenvalue weighted by molar-refractivity contribution is 6.00. The smallest absolute Gasteiger partial charge is 0.273 e. The molecule has 0 aliphatic heterocycles. The Bertz CT molecular complexity index is 1330. The standard InChI is InChI=1S/C35H53N3O3/c1-21(2)27-24(39)18-31(5)14-16-33(7)22(28(27)31)10-11-26-32(6)15-17-35(41,37-29(40)23-19-38(9)20-36-23)30(3,4)25(32)12-13-34(26,33)8/h19-22,25-26,41H,10-18H2,1-9H3,(H,37,40)/t22-,25+,26-,31+,32+,33-,34-,35+/m1/s1. The number of hydrogen-bond donors (Lipinski definition) is 2. The van der Waals surface area contributed by atoms with Crippen molar-refractivity contribution in [2.75, 3.05) is 0 Å². The van der Waals surface area contributed by atoms with E-state index in [1.165, 1.54) is 18.4 Å². The fourth-order valence-electron chi connectivity index (χ4n) is 11.8. The Morgan fingerprint density at radius 1 is 0.976 bits per heavy atom. The lowest BCUT2D eigenvalue weighted by atomic mass is 9.32. The topological polar surface area (TPSA) is 84.2 Å². The maximum Gasteiger partial charge on any atom is 0.273 e. The van der Waals surface area contributed by atoms with Gasteiger partial charge in [0, 0.05) is 25.1 Å². The van der Waals surface area contributed by atoms with E-state index in [1.807, 2.05) is 7.05 Å². The highest BCUT2D eigenvalue weighted by Crippen LogP contribution is 2.77. The fraction of sp³-hybridized carbons (Fsp3) is 0.800. The summed E-state index contributed by atoms with van der Waals surface area (Å²) in [5, 5.41) is 15.2. The van der Waals surface area contributed by atoms with Crippen molar-refractivity contribution in [3.63, 3.8) is 0 Å². The van der Waals surface area contributed by atoms with Crippen molar-refractivity contribution >= 4 is 11.7 Å². The van der Waals surface area contributed by atoms with Crippen molar-refractivity contribution in [3.8, 4) is 0 Å². The van der Waals surface area contributed by atoms with Gasteiger partial charge in [0.05, 0.1) is 6.33 Å². The lowest BCUT2D eigenvalue weighted by Gasteiger charge is -2.73. The van der Waals surface area contributed by atoms with Crippen LogP contribution < -0.4 is 5.32 Å². The van der Waals surface area contributed by atoms with Crippen LogP contribution >= 0.6 is 0 Å². The van der Waals surface area contributed by atoms with Gasteiger partial charge in [-0.1, -0.05) is 61.0 Å².